The second-order valence-electron chi connectivity index (χ2n) is 6.82. The fraction of sp³-hybridized carbons (Fsp3) is 0.167. The van der Waals surface area contributed by atoms with Crippen LogP contribution in [0.15, 0.2) is 72.9 Å². The van der Waals surface area contributed by atoms with Gasteiger partial charge in [-0.2, -0.15) is 0 Å². The van der Waals surface area contributed by atoms with Crippen LogP contribution in [0.3, 0.4) is 0 Å². The van der Waals surface area contributed by atoms with Crippen LogP contribution >= 0.6 is 0 Å². The summed E-state index contributed by atoms with van der Waals surface area (Å²) in [6.07, 6.45) is 1.69. The van der Waals surface area contributed by atoms with Gasteiger partial charge >= 0.3 is 0 Å². The summed E-state index contributed by atoms with van der Waals surface area (Å²) in [4.78, 5) is 8.93. The summed E-state index contributed by atoms with van der Waals surface area (Å²) in [7, 11) is 0. The minimum atomic E-state index is -0.300. The Morgan fingerprint density at radius 2 is 1.83 bits per heavy atom. The molecule has 0 amide bonds. The number of phenols is 1. The Morgan fingerprint density at radius 3 is 2.59 bits per heavy atom. The zero-order chi connectivity index (χ0) is 20.2. The quantitative estimate of drug-likeness (QED) is 0.475. The number of ether oxygens (including phenoxy) is 1. The lowest BCUT2D eigenvalue weighted by Crippen LogP contribution is -2.14. The molecular formula is C24H23N3O2. The first kappa shape index (κ1) is 18.7. The summed E-state index contributed by atoms with van der Waals surface area (Å²) >= 11 is 0. The molecule has 4 rings (SSSR count). The predicted octanol–water partition coefficient (Wildman–Crippen LogP) is 5.24. The summed E-state index contributed by atoms with van der Waals surface area (Å²) < 4.78 is 5.57. The molecule has 2 aromatic carbocycles. The van der Waals surface area contributed by atoms with Gasteiger partial charge in [0.1, 0.15) is 22.8 Å². The number of pyridine rings is 2. The summed E-state index contributed by atoms with van der Waals surface area (Å²) in [5.74, 6) is 1.72. The van der Waals surface area contributed by atoms with E-state index in [2.05, 4.69) is 15.3 Å². The third kappa shape index (κ3) is 3.99. The molecule has 2 N–H and O–H groups in total. The van der Waals surface area contributed by atoms with Crippen molar-refractivity contribution in [3.05, 3.63) is 89.7 Å². The monoisotopic (exact) mass is 385 g/mol. The minimum absolute atomic E-state index is 0.169. The highest BCUT2D eigenvalue weighted by Gasteiger charge is 2.20. The number of benzene rings is 2. The Labute approximate surface area is 170 Å². The van der Waals surface area contributed by atoms with Crippen molar-refractivity contribution in [2.45, 2.75) is 19.9 Å². The van der Waals surface area contributed by atoms with Crippen LogP contribution in [-0.4, -0.2) is 21.7 Å². The highest BCUT2D eigenvalue weighted by atomic mass is 16.5. The number of fused-ring (bicyclic) bond motifs is 1. The maximum absolute atomic E-state index is 11.0. The fourth-order valence-electron chi connectivity index (χ4n) is 3.41. The molecule has 0 saturated heterocycles. The lowest BCUT2D eigenvalue weighted by atomic mass is 9.96. The predicted molar refractivity (Wildman–Crippen MR) is 115 cm³/mol. The highest BCUT2D eigenvalue weighted by Crippen LogP contribution is 2.36. The van der Waals surface area contributed by atoms with Crippen LogP contribution < -0.4 is 10.1 Å². The molecule has 5 heteroatoms. The molecule has 1 unspecified atom stereocenters. The van der Waals surface area contributed by atoms with Crippen LogP contribution in [-0.2, 0) is 0 Å². The average molecular weight is 385 g/mol. The molecule has 29 heavy (non-hydrogen) atoms. The van der Waals surface area contributed by atoms with Crippen LogP contribution in [0, 0.1) is 6.92 Å². The van der Waals surface area contributed by atoms with Crippen molar-refractivity contribution in [3.63, 3.8) is 0 Å². The Kier molecular flexibility index (Phi) is 5.29. The number of rotatable bonds is 6. The van der Waals surface area contributed by atoms with Gasteiger partial charge in [0.2, 0.25) is 0 Å². The van der Waals surface area contributed by atoms with E-state index in [4.69, 9.17) is 4.74 Å². The molecule has 0 aliphatic heterocycles. The summed E-state index contributed by atoms with van der Waals surface area (Å²) in [6.45, 7) is 4.53. The Hall–Kier alpha value is -3.60. The van der Waals surface area contributed by atoms with Gasteiger partial charge in [0, 0.05) is 22.8 Å². The zero-order valence-corrected chi connectivity index (χ0v) is 16.5. The third-order valence-electron chi connectivity index (χ3n) is 4.80. The molecule has 1 atom stereocenters. The van der Waals surface area contributed by atoms with E-state index >= 15 is 0 Å². The number of nitrogens with zero attached hydrogens (tertiary/aromatic N) is 2. The van der Waals surface area contributed by atoms with Crippen molar-refractivity contribution < 1.29 is 9.84 Å². The van der Waals surface area contributed by atoms with Crippen molar-refractivity contribution >= 4 is 16.7 Å². The second kappa shape index (κ2) is 8.19. The number of aromatic hydroxyl groups is 1. The van der Waals surface area contributed by atoms with Crippen LogP contribution in [0.4, 0.5) is 5.82 Å². The summed E-state index contributed by atoms with van der Waals surface area (Å²) in [6, 6.07) is 21.1. The van der Waals surface area contributed by atoms with Crippen LogP contribution in [0.2, 0.25) is 0 Å². The smallest absolute Gasteiger partial charge is 0.147 e. The number of anilines is 1. The Balaban J connectivity index is 1.80. The molecular weight excluding hydrogens is 362 g/mol. The van der Waals surface area contributed by atoms with Gasteiger partial charge in [-0.15, -0.1) is 0 Å². The van der Waals surface area contributed by atoms with Gasteiger partial charge < -0.3 is 15.2 Å². The Morgan fingerprint density at radius 1 is 1.00 bits per heavy atom. The highest BCUT2D eigenvalue weighted by molar-refractivity contribution is 5.86. The first-order valence-electron chi connectivity index (χ1n) is 9.65. The number of hydrogen-bond acceptors (Lipinski definition) is 5. The van der Waals surface area contributed by atoms with Gasteiger partial charge in [-0.3, -0.25) is 4.98 Å². The van der Waals surface area contributed by atoms with Crippen molar-refractivity contribution in [2.75, 3.05) is 11.9 Å². The number of nitrogens with one attached hydrogen (secondary N) is 1. The number of hydrogen-bond donors (Lipinski definition) is 2. The average Bonchev–Trinajstić information content (AvgIpc) is 2.74. The second-order valence-corrected chi connectivity index (χ2v) is 6.82. The van der Waals surface area contributed by atoms with Crippen LogP contribution in [0.1, 0.15) is 29.8 Å². The van der Waals surface area contributed by atoms with E-state index in [1.54, 1.807) is 6.20 Å². The number of aromatic nitrogens is 2. The molecule has 4 aromatic rings. The molecule has 0 fully saturated rings. The van der Waals surface area contributed by atoms with Gasteiger partial charge in [-0.05, 0) is 49.7 Å². The van der Waals surface area contributed by atoms with E-state index in [-0.39, 0.29) is 11.8 Å². The van der Waals surface area contributed by atoms with Gasteiger partial charge in [-0.1, -0.05) is 36.4 Å². The first-order chi connectivity index (χ1) is 14.2. The maximum Gasteiger partial charge on any atom is 0.147 e. The van der Waals surface area contributed by atoms with Crippen molar-refractivity contribution in [2.24, 2.45) is 0 Å². The molecule has 0 aliphatic carbocycles. The topological polar surface area (TPSA) is 67.3 Å². The largest absolute Gasteiger partial charge is 0.505 e. The number of aryl methyl sites for hydroxylation is 1. The molecule has 0 aliphatic rings. The third-order valence-corrected chi connectivity index (χ3v) is 4.80. The molecule has 0 saturated carbocycles. The van der Waals surface area contributed by atoms with E-state index in [0.29, 0.717) is 12.1 Å². The van der Waals surface area contributed by atoms with Crippen molar-refractivity contribution in [3.8, 4) is 11.5 Å². The molecule has 0 bridgehead atoms. The van der Waals surface area contributed by atoms with Gasteiger partial charge in [-0.25, -0.2) is 4.98 Å². The standard InChI is InChI=1S/C24H23N3O2/c1-3-29-19-12-9-18(10-13-19)22(27-21-8-4-6-16(2)26-21)20-14-11-17-7-5-15-25-23(17)24(20)28/h4-15,22,28H,3H2,1-2H3,(H,26,27). The Bertz CT molecular complexity index is 1130. The molecule has 5 nitrogen and oxygen atoms in total. The zero-order valence-electron chi connectivity index (χ0n) is 16.5. The lowest BCUT2D eigenvalue weighted by molar-refractivity contribution is 0.340. The van der Waals surface area contributed by atoms with Crippen molar-refractivity contribution in [1.29, 1.82) is 0 Å². The van der Waals surface area contributed by atoms with E-state index in [1.165, 1.54) is 0 Å². The maximum atomic E-state index is 11.0. The van der Waals surface area contributed by atoms with Crippen LogP contribution in [0.25, 0.3) is 10.9 Å². The summed E-state index contributed by atoms with van der Waals surface area (Å²) in [5, 5.41) is 15.4. The SMILES string of the molecule is CCOc1ccc(C(Nc2cccc(C)n2)c2ccc3cccnc3c2O)cc1. The normalized spacial score (nSPS) is 11.9. The van der Waals surface area contributed by atoms with E-state index in [1.807, 2.05) is 80.6 Å². The van der Waals surface area contributed by atoms with Gasteiger partial charge in [0.25, 0.3) is 0 Å². The van der Waals surface area contributed by atoms with E-state index in [0.717, 1.165) is 33.8 Å². The molecule has 0 spiro atoms. The first-order valence-corrected chi connectivity index (χ1v) is 9.65. The molecule has 146 valence electrons. The molecule has 0 radical (unpaired) electrons. The van der Waals surface area contributed by atoms with E-state index < -0.39 is 0 Å². The van der Waals surface area contributed by atoms with Gasteiger partial charge in [0.05, 0.1) is 12.6 Å². The van der Waals surface area contributed by atoms with E-state index in [9.17, 15) is 5.11 Å². The minimum Gasteiger partial charge on any atom is -0.505 e. The summed E-state index contributed by atoms with van der Waals surface area (Å²) in [5.41, 5.74) is 3.23. The number of phenolic OH excluding ortho intramolecular Hbond substituents is 1. The fourth-order valence-corrected chi connectivity index (χ4v) is 3.41. The van der Waals surface area contributed by atoms with Crippen LogP contribution in [0.5, 0.6) is 11.5 Å². The van der Waals surface area contributed by atoms with Crippen molar-refractivity contribution in [1.82, 2.24) is 9.97 Å². The molecule has 2 aromatic heterocycles. The molecule has 2 heterocycles. The lowest BCUT2D eigenvalue weighted by Gasteiger charge is -2.22. The van der Waals surface area contributed by atoms with Gasteiger partial charge in [0.15, 0.2) is 0 Å².